The normalized spacial score (nSPS) is 11.7. The van der Waals surface area contributed by atoms with E-state index >= 15 is 0 Å². The lowest BCUT2D eigenvalue weighted by atomic mass is 10.1. The molecule has 0 fully saturated rings. The van der Waals surface area contributed by atoms with Gasteiger partial charge in [0.05, 0.1) is 0 Å². The monoisotopic (exact) mass is 282 g/mol. The Labute approximate surface area is 118 Å². The number of halogens is 1. The van der Waals surface area contributed by atoms with Crippen molar-refractivity contribution in [3.8, 4) is 0 Å². The first-order valence-electron chi connectivity index (χ1n) is 6.36. The van der Waals surface area contributed by atoms with E-state index < -0.39 is 11.8 Å². The minimum atomic E-state index is -0.589. The van der Waals surface area contributed by atoms with Crippen molar-refractivity contribution in [3.63, 3.8) is 0 Å². The Morgan fingerprint density at radius 3 is 2.42 bits per heavy atom. The molecule has 1 aromatic carbocycles. The van der Waals surface area contributed by atoms with Crippen molar-refractivity contribution < 1.29 is 9.59 Å². The van der Waals surface area contributed by atoms with Crippen LogP contribution >= 0.6 is 11.6 Å². The molecule has 0 aromatic heterocycles. The molecule has 0 radical (unpaired) electrons. The highest BCUT2D eigenvalue weighted by Crippen LogP contribution is 2.09. The highest BCUT2D eigenvalue weighted by Gasteiger charge is 2.14. The van der Waals surface area contributed by atoms with Gasteiger partial charge >= 0.3 is 11.8 Å². The topological polar surface area (TPSA) is 58.2 Å². The molecular weight excluding hydrogens is 264 g/mol. The molecule has 5 heteroatoms. The lowest BCUT2D eigenvalue weighted by Crippen LogP contribution is -2.43. The summed E-state index contributed by atoms with van der Waals surface area (Å²) in [6.45, 7) is 4.23. The van der Waals surface area contributed by atoms with Crippen LogP contribution in [0.25, 0.3) is 0 Å². The first-order chi connectivity index (χ1) is 9.02. The first kappa shape index (κ1) is 15.5. The Kier molecular flexibility index (Phi) is 6.36. The van der Waals surface area contributed by atoms with Crippen LogP contribution < -0.4 is 10.6 Å². The molecule has 1 atom stereocenters. The van der Waals surface area contributed by atoms with Crippen molar-refractivity contribution in [2.75, 3.05) is 6.54 Å². The van der Waals surface area contributed by atoms with Gasteiger partial charge in [0.2, 0.25) is 0 Å². The fourth-order valence-corrected chi connectivity index (χ4v) is 1.57. The maximum atomic E-state index is 11.5. The highest BCUT2D eigenvalue weighted by molar-refractivity contribution is 6.35. The summed E-state index contributed by atoms with van der Waals surface area (Å²) in [5, 5.41) is 5.89. The number of benzene rings is 1. The zero-order valence-electron chi connectivity index (χ0n) is 11.2. The molecule has 0 bridgehead atoms. The second kappa shape index (κ2) is 7.79. The van der Waals surface area contributed by atoms with Gasteiger partial charge in [0.25, 0.3) is 0 Å². The van der Waals surface area contributed by atoms with Gasteiger partial charge in [-0.05, 0) is 37.5 Å². The lowest BCUT2D eigenvalue weighted by molar-refractivity contribution is -0.139. The average molecular weight is 283 g/mol. The Hall–Kier alpha value is -1.55. The third-order valence-corrected chi connectivity index (χ3v) is 3.06. The molecule has 19 heavy (non-hydrogen) atoms. The molecule has 2 N–H and O–H groups in total. The molecule has 0 aliphatic carbocycles. The number of hydrogen-bond acceptors (Lipinski definition) is 2. The fraction of sp³-hybridized carbons (Fsp3) is 0.429. The minimum Gasteiger partial charge on any atom is -0.348 e. The Bertz CT molecular complexity index is 432. The van der Waals surface area contributed by atoms with Crippen molar-refractivity contribution in [3.05, 3.63) is 34.9 Å². The third kappa shape index (κ3) is 5.75. The van der Waals surface area contributed by atoms with Crippen molar-refractivity contribution in [2.24, 2.45) is 0 Å². The lowest BCUT2D eigenvalue weighted by Gasteiger charge is -2.11. The van der Waals surface area contributed by atoms with Crippen molar-refractivity contribution >= 4 is 23.4 Å². The maximum absolute atomic E-state index is 11.5. The van der Waals surface area contributed by atoms with E-state index in [9.17, 15) is 9.59 Å². The SMILES string of the molecule is CC[C@H](C)NC(=O)C(=O)NCCc1ccc(Cl)cc1. The van der Waals surface area contributed by atoms with Gasteiger partial charge in [-0.25, -0.2) is 0 Å². The highest BCUT2D eigenvalue weighted by atomic mass is 35.5. The number of amides is 2. The molecule has 1 rings (SSSR count). The number of hydrogen-bond donors (Lipinski definition) is 2. The van der Waals surface area contributed by atoms with Gasteiger partial charge in [-0.2, -0.15) is 0 Å². The molecule has 0 aliphatic rings. The van der Waals surface area contributed by atoms with Crippen molar-refractivity contribution in [1.29, 1.82) is 0 Å². The van der Waals surface area contributed by atoms with Crippen LogP contribution in [-0.2, 0) is 16.0 Å². The van der Waals surface area contributed by atoms with Gasteiger partial charge in [-0.3, -0.25) is 9.59 Å². The van der Waals surface area contributed by atoms with Gasteiger partial charge in [0.1, 0.15) is 0 Å². The maximum Gasteiger partial charge on any atom is 0.309 e. The summed E-state index contributed by atoms with van der Waals surface area (Å²) in [7, 11) is 0. The second-order valence-electron chi connectivity index (χ2n) is 4.42. The summed E-state index contributed by atoms with van der Waals surface area (Å²) in [4.78, 5) is 23.0. The standard InChI is InChI=1S/C14H19ClN2O2/c1-3-10(2)17-14(19)13(18)16-9-8-11-4-6-12(15)7-5-11/h4-7,10H,3,8-9H2,1-2H3,(H,16,18)(H,17,19)/t10-/m0/s1. The van der Waals surface area contributed by atoms with Crippen molar-refractivity contribution in [1.82, 2.24) is 10.6 Å². The van der Waals surface area contributed by atoms with E-state index in [0.717, 1.165) is 12.0 Å². The number of carbonyl (C=O) groups excluding carboxylic acids is 2. The zero-order chi connectivity index (χ0) is 14.3. The summed E-state index contributed by atoms with van der Waals surface area (Å²) in [6, 6.07) is 7.40. The second-order valence-corrected chi connectivity index (χ2v) is 4.85. The van der Waals surface area contributed by atoms with E-state index in [0.29, 0.717) is 18.0 Å². The van der Waals surface area contributed by atoms with Gasteiger partial charge in [0, 0.05) is 17.6 Å². The Balaban J connectivity index is 2.30. The van der Waals surface area contributed by atoms with E-state index in [1.54, 1.807) is 12.1 Å². The van der Waals surface area contributed by atoms with Crippen LogP contribution in [0.1, 0.15) is 25.8 Å². The summed E-state index contributed by atoms with van der Waals surface area (Å²) in [5.41, 5.74) is 1.06. The predicted octanol–water partition coefficient (Wildman–Crippen LogP) is 1.91. The molecule has 0 heterocycles. The van der Waals surface area contributed by atoms with Crippen LogP contribution in [0.3, 0.4) is 0 Å². The van der Waals surface area contributed by atoms with Crippen molar-refractivity contribution in [2.45, 2.75) is 32.7 Å². The van der Waals surface area contributed by atoms with E-state index in [4.69, 9.17) is 11.6 Å². The van der Waals surface area contributed by atoms with Crippen LogP contribution in [0.15, 0.2) is 24.3 Å². The van der Waals surface area contributed by atoms with Gasteiger partial charge in [-0.15, -0.1) is 0 Å². The smallest absolute Gasteiger partial charge is 0.309 e. The summed E-state index contributed by atoms with van der Waals surface area (Å²) in [6.07, 6.45) is 1.46. The van der Waals surface area contributed by atoms with Crippen LogP contribution in [0, 0.1) is 0 Å². The molecule has 2 amide bonds. The van der Waals surface area contributed by atoms with E-state index in [1.807, 2.05) is 26.0 Å². The fourth-order valence-electron chi connectivity index (χ4n) is 1.44. The van der Waals surface area contributed by atoms with Gasteiger partial charge in [0.15, 0.2) is 0 Å². The van der Waals surface area contributed by atoms with E-state index in [2.05, 4.69) is 10.6 Å². The third-order valence-electron chi connectivity index (χ3n) is 2.81. The number of nitrogens with one attached hydrogen (secondary N) is 2. The zero-order valence-corrected chi connectivity index (χ0v) is 12.0. The molecule has 0 saturated heterocycles. The molecule has 104 valence electrons. The largest absolute Gasteiger partial charge is 0.348 e. The molecule has 0 aliphatic heterocycles. The van der Waals surface area contributed by atoms with Crippen LogP contribution in [0.2, 0.25) is 5.02 Å². The minimum absolute atomic E-state index is 0.00881. The molecule has 0 spiro atoms. The van der Waals surface area contributed by atoms with Gasteiger partial charge in [-0.1, -0.05) is 30.7 Å². The Morgan fingerprint density at radius 1 is 1.21 bits per heavy atom. The molecule has 0 saturated carbocycles. The van der Waals surface area contributed by atoms with Crippen LogP contribution in [-0.4, -0.2) is 24.4 Å². The Morgan fingerprint density at radius 2 is 1.84 bits per heavy atom. The van der Waals surface area contributed by atoms with Crippen LogP contribution in [0.5, 0.6) is 0 Å². The first-order valence-corrected chi connectivity index (χ1v) is 6.74. The predicted molar refractivity (Wildman–Crippen MR) is 76.1 cm³/mol. The summed E-state index contributed by atoms with van der Waals surface area (Å²) in [5.74, 6) is -1.17. The number of rotatable bonds is 5. The summed E-state index contributed by atoms with van der Waals surface area (Å²) >= 11 is 5.78. The van der Waals surface area contributed by atoms with E-state index in [-0.39, 0.29) is 6.04 Å². The quantitative estimate of drug-likeness (QED) is 0.811. The van der Waals surface area contributed by atoms with Gasteiger partial charge < -0.3 is 10.6 Å². The molecule has 0 unspecified atom stereocenters. The van der Waals surface area contributed by atoms with Crippen LogP contribution in [0.4, 0.5) is 0 Å². The molecule has 4 nitrogen and oxygen atoms in total. The molecule has 1 aromatic rings. The van der Waals surface area contributed by atoms with E-state index in [1.165, 1.54) is 0 Å². The summed E-state index contributed by atoms with van der Waals surface area (Å²) < 4.78 is 0. The average Bonchev–Trinajstić information content (AvgIpc) is 2.40. The number of carbonyl (C=O) groups is 2. The molecular formula is C14H19ClN2O2.